The van der Waals surface area contributed by atoms with Crippen molar-refractivity contribution in [2.75, 3.05) is 6.16 Å². The minimum atomic E-state index is 0.897. The molecule has 10 heavy (non-hydrogen) atoms. The van der Waals surface area contributed by atoms with Crippen LogP contribution in [0.2, 0.25) is 0 Å². The molecule has 0 aromatic rings. The van der Waals surface area contributed by atoms with Gasteiger partial charge in [0.25, 0.3) is 0 Å². The molecule has 1 heteroatoms. The maximum atomic E-state index is 2.88. The predicted octanol–water partition coefficient (Wildman–Crippen LogP) is 2.79. The molecule has 1 saturated carbocycles. The topological polar surface area (TPSA) is 0 Å². The van der Waals surface area contributed by atoms with Gasteiger partial charge in [0.05, 0.1) is 0 Å². The van der Waals surface area contributed by atoms with Crippen molar-refractivity contribution in [2.24, 2.45) is 23.7 Å². The lowest BCUT2D eigenvalue weighted by Crippen LogP contribution is -2.39. The average molecular weight is 158 g/mol. The highest BCUT2D eigenvalue weighted by Crippen LogP contribution is 2.45. The molecular formula is C9H19P. The summed E-state index contributed by atoms with van der Waals surface area (Å²) in [5, 5.41) is 0. The molecule has 4 unspecified atom stereocenters. The van der Waals surface area contributed by atoms with E-state index < -0.39 is 0 Å². The quantitative estimate of drug-likeness (QED) is 0.542. The smallest absolute Gasteiger partial charge is 0.0333 e. The van der Waals surface area contributed by atoms with Gasteiger partial charge in [0, 0.05) is 0 Å². The minimum absolute atomic E-state index is 0.897. The van der Waals surface area contributed by atoms with Gasteiger partial charge in [0.1, 0.15) is 0 Å². The van der Waals surface area contributed by atoms with E-state index in [2.05, 4.69) is 30.0 Å². The molecule has 0 radical (unpaired) electrons. The summed E-state index contributed by atoms with van der Waals surface area (Å²) in [5.41, 5.74) is 0. The maximum Gasteiger partial charge on any atom is -0.0333 e. The summed E-state index contributed by atoms with van der Waals surface area (Å²) in [6.07, 6.45) is 2.78. The molecule has 0 aliphatic heterocycles. The van der Waals surface area contributed by atoms with Gasteiger partial charge in [0.15, 0.2) is 0 Å². The van der Waals surface area contributed by atoms with Crippen LogP contribution in [0.25, 0.3) is 0 Å². The molecule has 0 aromatic carbocycles. The molecule has 0 amide bonds. The standard InChI is InChI=1S/C9H19P/c1-6(2)9-7(3)4-8(9)5-10/h6-9H,4-5,10H2,1-3H3. The Morgan fingerprint density at radius 3 is 2.30 bits per heavy atom. The van der Waals surface area contributed by atoms with Crippen LogP contribution in [0, 0.1) is 23.7 Å². The fourth-order valence-electron chi connectivity index (χ4n) is 2.52. The van der Waals surface area contributed by atoms with Gasteiger partial charge in [0.2, 0.25) is 0 Å². The Balaban J connectivity index is 2.40. The summed E-state index contributed by atoms with van der Waals surface area (Å²) in [7, 11) is 2.88. The van der Waals surface area contributed by atoms with Crippen molar-refractivity contribution in [1.29, 1.82) is 0 Å². The van der Waals surface area contributed by atoms with Gasteiger partial charge in [-0.15, -0.1) is 9.24 Å². The Morgan fingerprint density at radius 1 is 1.50 bits per heavy atom. The second-order valence-electron chi connectivity index (χ2n) is 4.03. The number of rotatable bonds is 2. The van der Waals surface area contributed by atoms with E-state index in [1.807, 2.05) is 0 Å². The Bertz CT molecular complexity index is 105. The van der Waals surface area contributed by atoms with Crippen LogP contribution in [0.4, 0.5) is 0 Å². The van der Waals surface area contributed by atoms with Gasteiger partial charge >= 0.3 is 0 Å². The van der Waals surface area contributed by atoms with Crippen LogP contribution in [0.3, 0.4) is 0 Å². The van der Waals surface area contributed by atoms with Crippen LogP contribution in [0.1, 0.15) is 27.2 Å². The van der Waals surface area contributed by atoms with Gasteiger partial charge in [-0.25, -0.2) is 0 Å². The molecule has 0 bridgehead atoms. The zero-order chi connectivity index (χ0) is 7.72. The fourth-order valence-corrected chi connectivity index (χ4v) is 3.02. The van der Waals surface area contributed by atoms with Crippen molar-refractivity contribution in [3.05, 3.63) is 0 Å². The van der Waals surface area contributed by atoms with Gasteiger partial charge in [-0.3, -0.25) is 0 Å². The van der Waals surface area contributed by atoms with Crippen LogP contribution < -0.4 is 0 Å². The van der Waals surface area contributed by atoms with Crippen molar-refractivity contribution in [1.82, 2.24) is 0 Å². The molecule has 1 aliphatic carbocycles. The number of hydrogen-bond donors (Lipinski definition) is 0. The van der Waals surface area contributed by atoms with Crippen LogP contribution in [-0.2, 0) is 0 Å². The first-order valence-electron chi connectivity index (χ1n) is 4.37. The highest BCUT2D eigenvalue weighted by molar-refractivity contribution is 7.16. The van der Waals surface area contributed by atoms with E-state index in [4.69, 9.17) is 0 Å². The summed E-state index contributed by atoms with van der Waals surface area (Å²) < 4.78 is 0. The Hall–Kier alpha value is 0.430. The van der Waals surface area contributed by atoms with E-state index >= 15 is 0 Å². The summed E-state index contributed by atoms with van der Waals surface area (Å²) in [6.45, 7) is 7.10. The Labute approximate surface area is 67.0 Å². The summed E-state index contributed by atoms with van der Waals surface area (Å²) in [4.78, 5) is 0. The van der Waals surface area contributed by atoms with Crippen molar-refractivity contribution in [3.63, 3.8) is 0 Å². The van der Waals surface area contributed by atoms with Gasteiger partial charge < -0.3 is 0 Å². The Morgan fingerprint density at radius 2 is 2.10 bits per heavy atom. The minimum Gasteiger partial charge on any atom is -0.137 e. The number of hydrogen-bond acceptors (Lipinski definition) is 0. The lowest BCUT2D eigenvalue weighted by atomic mass is 9.62. The van der Waals surface area contributed by atoms with Gasteiger partial charge in [-0.05, 0) is 36.3 Å². The summed E-state index contributed by atoms with van der Waals surface area (Å²) >= 11 is 0. The van der Waals surface area contributed by atoms with Gasteiger partial charge in [-0.1, -0.05) is 20.8 Å². The average Bonchev–Trinajstić information content (AvgIpc) is 1.80. The molecule has 1 aliphatic rings. The second kappa shape index (κ2) is 3.22. The molecule has 0 N–H and O–H groups in total. The lowest BCUT2D eigenvalue weighted by molar-refractivity contribution is 0.0603. The first-order valence-corrected chi connectivity index (χ1v) is 5.18. The monoisotopic (exact) mass is 158 g/mol. The molecule has 0 nitrogen and oxygen atoms in total. The van der Waals surface area contributed by atoms with E-state index in [-0.39, 0.29) is 0 Å². The SMILES string of the molecule is CC(C)C1C(C)CC1CP. The third-order valence-electron chi connectivity index (χ3n) is 2.95. The molecule has 1 fully saturated rings. The maximum absolute atomic E-state index is 2.88. The predicted molar refractivity (Wildman–Crippen MR) is 50.2 cm³/mol. The van der Waals surface area contributed by atoms with E-state index in [1.54, 1.807) is 0 Å². The van der Waals surface area contributed by atoms with Crippen molar-refractivity contribution in [3.8, 4) is 0 Å². The first kappa shape index (κ1) is 8.53. The van der Waals surface area contributed by atoms with E-state index in [0.29, 0.717) is 0 Å². The van der Waals surface area contributed by atoms with Crippen LogP contribution in [-0.4, -0.2) is 6.16 Å². The molecule has 0 aromatic heterocycles. The van der Waals surface area contributed by atoms with E-state index in [0.717, 1.165) is 23.7 Å². The third-order valence-corrected chi connectivity index (χ3v) is 3.55. The van der Waals surface area contributed by atoms with Crippen LogP contribution in [0.15, 0.2) is 0 Å². The van der Waals surface area contributed by atoms with Crippen LogP contribution >= 0.6 is 9.24 Å². The molecule has 0 heterocycles. The largest absolute Gasteiger partial charge is 0.137 e. The summed E-state index contributed by atoms with van der Waals surface area (Å²) in [6, 6.07) is 0. The normalized spacial score (nSPS) is 39.9. The van der Waals surface area contributed by atoms with Crippen LogP contribution in [0.5, 0.6) is 0 Å². The van der Waals surface area contributed by atoms with E-state index in [1.165, 1.54) is 12.6 Å². The fraction of sp³-hybridized carbons (Fsp3) is 1.00. The van der Waals surface area contributed by atoms with Crippen molar-refractivity contribution < 1.29 is 0 Å². The van der Waals surface area contributed by atoms with Gasteiger partial charge in [-0.2, -0.15) is 0 Å². The second-order valence-corrected chi connectivity index (χ2v) is 4.50. The molecule has 1 rings (SSSR count). The zero-order valence-corrected chi connectivity index (χ0v) is 8.46. The molecule has 0 spiro atoms. The third kappa shape index (κ3) is 1.37. The molecule has 0 saturated heterocycles. The highest BCUT2D eigenvalue weighted by Gasteiger charge is 2.38. The molecule has 4 atom stereocenters. The first-order chi connectivity index (χ1) is 4.66. The van der Waals surface area contributed by atoms with Crippen molar-refractivity contribution in [2.45, 2.75) is 27.2 Å². The van der Waals surface area contributed by atoms with Crippen molar-refractivity contribution >= 4 is 9.24 Å². The zero-order valence-electron chi connectivity index (χ0n) is 7.30. The molecule has 60 valence electrons. The highest BCUT2D eigenvalue weighted by atomic mass is 31.0. The van der Waals surface area contributed by atoms with E-state index in [9.17, 15) is 0 Å². The molecular weight excluding hydrogens is 139 g/mol. The Kier molecular flexibility index (Phi) is 2.74. The lowest BCUT2D eigenvalue weighted by Gasteiger charge is -2.45. The summed E-state index contributed by atoms with van der Waals surface area (Å²) in [5.74, 6) is 3.91.